The summed E-state index contributed by atoms with van der Waals surface area (Å²) >= 11 is 0. The molecule has 116 valence electrons. The van der Waals surface area contributed by atoms with E-state index in [0.29, 0.717) is 30.8 Å². The highest BCUT2D eigenvalue weighted by atomic mass is 16.1. The molecule has 0 saturated carbocycles. The second-order valence-electron chi connectivity index (χ2n) is 5.27. The van der Waals surface area contributed by atoms with Gasteiger partial charge in [0, 0.05) is 44.4 Å². The van der Waals surface area contributed by atoms with Crippen LogP contribution in [0.3, 0.4) is 0 Å². The number of hydrogen-bond donors (Lipinski definition) is 1. The van der Waals surface area contributed by atoms with Crippen LogP contribution >= 0.6 is 0 Å². The van der Waals surface area contributed by atoms with Gasteiger partial charge in [-0.05, 0) is 12.1 Å². The highest BCUT2D eigenvalue weighted by molar-refractivity contribution is 5.93. The summed E-state index contributed by atoms with van der Waals surface area (Å²) in [5.41, 5.74) is 0.139. The molecule has 0 atom stereocenters. The van der Waals surface area contributed by atoms with Gasteiger partial charge >= 0.3 is 0 Å². The highest BCUT2D eigenvalue weighted by Gasteiger charge is 2.38. The Hall–Kier alpha value is -3.01. The maximum atomic E-state index is 12.1. The molecule has 0 radical (unpaired) electrons. The van der Waals surface area contributed by atoms with Gasteiger partial charge < -0.3 is 5.32 Å². The number of pyridine rings is 1. The van der Waals surface area contributed by atoms with Gasteiger partial charge in [0.05, 0.1) is 5.56 Å². The third-order valence-electron chi connectivity index (χ3n) is 3.64. The Morgan fingerprint density at radius 1 is 1.35 bits per heavy atom. The first-order valence-corrected chi connectivity index (χ1v) is 7.33. The van der Waals surface area contributed by atoms with Crippen LogP contribution in [0.4, 0.5) is 0 Å². The molecule has 7 heteroatoms. The normalized spacial score (nSPS) is 14.2. The number of hydrogen-bond acceptors (Lipinski definition) is 5. The monoisotopic (exact) mass is 308 g/mol. The zero-order chi connectivity index (χ0) is 16.1. The number of nitrogens with zero attached hydrogens (tertiary/aromatic N) is 5. The van der Waals surface area contributed by atoms with Crippen LogP contribution < -0.4 is 5.32 Å². The molecule has 0 fully saturated rings. The maximum Gasteiger partial charge on any atom is 0.252 e. The molecule has 0 spiro atoms. The van der Waals surface area contributed by atoms with Gasteiger partial charge in [-0.15, -0.1) is 12.3 Å². The molecular formula is C16H16N6O. The van der Waals surface area contributed by atoms with Crippen molar-refractivity contribution in [3.63, 3.8) is 0 Å². The Morgan fingerprint density at radius 2 is 2.22 bits per heavy atom. The first-order valence-electron chi connectivity index (χ1n) is 7.33. The first kappa shape index (κ1) is 14.9. The lowest BCUT2D eigenvalue weighted by Crippen LogP contribution is -2.28. The fraction of sp³-hybridized carbons (Fsp3) is 0.312. The lowest BCUT2D eigenvalue weighted by molar-refractivity contribution is 0.0951. The third kappa shape index (κ3) is 3.61. The maximum absolute atomic E-state index is 12.1. The van der Waals surface area contributed by atoms with Gasteiger partial charge in [0.1, 0.15) is 12.1 Å². The summed E-state index contributed by atoms with van der Waals surface area (Å²) in [5, 5.41) is 10.9. The zero-order valence-electron chi connectivity index (χ0n) is 12.5. The van der Waals surface area contributed by atoms with E-state index >= 15 is 0 Å². The minimum atomic E-state index is -0.372. The molecule has 2 aromatic heterocycles. The van der Waals surface area contributed by atoms with Gasteiger partial charge in [-0.1, -0.05) is 0 Å². The van der Waals surface area contributed by atoms with Crippen LogP contribution in [0, 0.1) is 12.3 Å². The average Bonchev–Trinajstić information content (AvgIpc) is 3.13. The molecule has 2 aromatic rings. The predicted octanol–water partition coefficient (Wildman–Crippen LogP) is 1.96. The Kier molecular flexibility index (Phi) is 4.15. The molecule has 0 unspecified atom stereocenters. The minimum Gasteiger partial charge on any atom is -0.352 e. The molecule has 7 nitrogen and oxygen atoms in total. The quantitative estimate of drug-likeness (QED) is 0.793. The molecule has 1 amide bonds. The summed E-state index contributed by atoms with van der Waals surface area (Å²) in [6.07, 6.45) is 14.0. The summed E-state index contributed by atoms with van der Waals surface area (Å²) in [5.74, 6) is 3.13. The molecule has 1 N–H and O–H groups in total. The minimum absolute atomic E-state index is 0.164. The summed E-state index contributed by atoms with van der Waals surface area (Å²) < 4.78 is 1.77. The smallest absolute Gasteiger partial charge is 0.252 e. The van der Waals surface area contributed by atoms with Gasteiger partial charge in [-0.3, -0.25) is 9.36 Å². The largest absolute Gasteiger partial charge is 0.352 e. The van der Waals surface area contributed by atoms with E-state index in [0.717, 1.165) is 6.42 Å². The lowest BCUT2D eigenvalue weighted by atomic mass is 10.0. The molecule has 1 aliphatic rings. The van der Waals surface area contributed by atoms with Crippen LogP contribution in [0.25, 0.3) is 5.82 Å². The number of carbonyl (C=O) groups excluding carboxylic acids is 1. The highest BCUT2D eigenvalue weighted by Crippen LogP contribution is 2.35. The SMILES string of the molecule is C#CCCC1(CCNC(=O)c2ccc(-n3ccnc3)nc2)N=N1. The second kappa shape index (κ2) is 6.40. The van der Waals surface area contributed by atoms with Gasteiger partial charge in [-0.25, -0.2) is 9.97 Å². The molecule has 3 rings (SSSR count). The first-order chi connectivity index (χ1) is 11.2. The van der Waals surface area contributed by atoms with E-state index in [-0.39, 0.29) is 11.6 Å². The average molecular weight is 308 g/mol. The van der Waals surface area contributed by atoms with E-state index < -0.39 is 0 Å². The van der Waals surface area contributed by atoms with Crippen LogP contribution in [-0.2, 0) is 0 Å². The third-order valence-corrected chi connectivity index (χ3v) is 3.64. The van der Waals surface area contributed by atoms with E-state index in [2.05, 4.69) is 31.4 Å². The molecule has 0 aromatic carbocycles. The fourth-order valence-electron chi connectivity index (χ4n) is 2.21. The number of nitrogens with one attached hydrogen (secondary N) is 1. The molecule has 23 heavy (non-hydrogen) atoms. The number of aromatic nitrogens is 3. The topological polar surface area (TPSA) is 84.5 Å². The van der Waals surface area contributed by atoms with Gasteiger partial charge in [0.2, 0.25) is 0 Å². The number of rotatable bonds is 7. The van der Waals surface area contributed by atoms with Crippen molar-refractivity contribution >= 4 is 5.91 Å². The second-order valence-corrected chi connectivity index (χ2v) is 5.27. The standard InChI is InChI=1S/C16H16N6O/c1-2-3-6-16(20-21-16)7-8-18-15(23)13-4-5-14(19-11-13)22-10-9-17-12-22/h1,4-5,9-12H,3,6-8H2,(H,18,23). The van der Waals surface area contributed by atoms with Crippen molar-refractivity contribution in [3.8, 4) is 18.2 Å². The predicted molar refractivity (Wildman–Crippen MR) is 84.0 cm³/mol. The number of imidazole rings is 1. The summed E-state index contributed by atoms with van der Waals surface area (Å²) in [7, 11) is 0. The van der Waals surface area contributed by atoms with E-state index in [9.17, 15) is 4.79 Å². The number of terminal acetylenes is 1. The van der Waals surface area contributed by atoms with Crippen molar-refractivity contribution in [2.45, 2.75) is 24.9 Å². The van der Waals surface area contributed by atoms with Gasteiger partial charge in [0.25, 0.3) is 5.91 Å². The summed E-state index contributed by atoms with van der Waals surface area (Å²) in [6.45, 7) is 0.500. The van der Waals surface area contributed by atoms with Crippen LogP contribution in [0.5, 0.6) is 0 Å². The van der Waals surface area contributed by atoms with Crippen LogP contribution in [-0.4, -0.2) is 32.6 Å². The van der Waals surface area contributed by atoms with Crippen molar-refractivity contribution in [2.24, 2.45) is 10.2 Å². The number of amides is 1. The molecule has 3 heterocycles. The molecule has 0 saturated heterocycles. The molecule has 0 bridgehead atoms. The van der Waals surface area contributed by atoms with E-state index in [1.54, 1.807) is 41.6 Å². The Balaban J connectivity index is 1.50. The van der Waals surface area contributed by atoms with Crippen molar-refractivity contribution in [3.05, 3.63) is 42.6 Å². The van der Waals surface area contributed by atoms with Crippen LogP contribution in [0.1, 0.15) is 29.6 Å². The van der Waals surface area contributed by atoms with Crippen molar-refractivity contribution in [1.29, 1.82) is 0 Å². The summed E-state index contributed by atoms with van der Waals surface area (Å²) in [6, 6.07) is 3.51. The Morgan fingerprint density at radius 3 is 2.83 bits per heavy atom. The number of carbonyl (C=O) groups is 1. The Bertz CT molecular complexity index is 736. The van der Waals surface area contributed by atoms with Crippen molar-refractivity contribution in [2.75, 3.05) is 6.54 Å². The van der Waals surface area contributed by atoms with Crippen molar-refractivity contribution < 1.29 is 4.79 Å². The lowest BCUT2D eigenvalue weighted by Gasteiger charge is -2.10. The van der Waals surface area contributed by atoms with Crippen molar-refractivity contribution in [1.82, 2.24) is 19.9 Å². The molecule has 0 aliphatic carbocycles. The van der Waals surface area contributed by atoms with Crippen LogP contribution in [0.2, 0.25) is 0 Å². The van der Waals surface area contributed by atoms with Gasteiger partial charge in [-0.2, -0.15) is 10.2 Å². The molecular weight excluding hydrogens is 292 g/mol. The zero-order valence-corrected chi connectivity index (χ0v) is 12.5. The van der Waals surface area contributed by atoms with E-state index in [1.807, 2.05) is 0 Å². The fourth-order valence-corrected chi connectivity index (χ4v) is 2.21. The Labute approximate surface area is 133 Å². The van der Waals surface area contributed by atoms with E-state index in [1.165, 1.54) is 0 Å². The summed E-state index contributed by atoms with van der Waals surface area (Å²) in [4.78, 5) is 20.3. The van der Waals surface area contributed by atoms with E-state index in [4.69, 9.17) is 6.42 Å². The van der Waals surface area contributed by atoms with Gasteiger partial charge in [0.15, 0.2) is 5.66 Å². The van der Waals surface area contributed by atoms with Crippen LogP contribution in [0.15, 0.2) is 47.3 Å². The molecule has 1 aliphatic heterocycles.